The van der Waals surface area contributed by atoms with Gasteiger partial charge in [0, 0.05) is 10.6 Å². The van der Waals surface area contributed by atoms with E-state index in [2.05, 4.69) is 26.1 Å². The highest BCUT2D eigenvalue weighted by Gasteiger charge is 2.26. The molecule has 0 amide bonds. The molecular weight excluding hydrogens is 563 g/mol. The third kappa shape index (κ3) is 6.66. The molecule has 4 rings (SSSR count). The maximum atomic E-state index is 13.2. The van der Waals surface area contributed by atoms with Crippen molar-refractivity contribution in [3.8, 4) is 17.2 Å². The Morgan fingerprint density at radius 3 is 2.51 bits per heavy atom. The van der Waals surface area contributed by atoms with Crippen LogP contribution in [0.15, 0.2) is 76.4 Å². The second kappa shape index (κ2) is 12.2. The van der Waals surface area contributed by atoms with E-state index in [4.69, 9.17) is 9.47 Å². The van der Waals surface area contributed by atoms with Gasteiger partial charge in [-0.1, -0.05) is 42.1 Å². The molecule has 8 nitrogen and oxygen atoms in total. The molecule has 0 N–H and O–H groups in total. The van der Waals surface area contributed by atoms with Gasteiger partial charge >= 0.3 is 0 Å². The number of benzene rings is 3. The Hall–Kier alpha value is -3.44. The second-order valence-corrected chi connectivity index (χ2v) is 10.0. The lowest BCUT2D eigenvalue weighted by molar-refractivity contribution is -0.479. The number of aryl methyl sites for hydroxylation is 1. The fourth-order valence-corrected chi connectivity index (χ4v) is 5.41. The Bertz CT molecular complexity index is 1370. The van der Waals surface area contributed by atoms with Gasteiger partial charge in [-0.2, -0.15) is 0 Å². The van der Waals surface area contributed by atoms with Crippen LogP contribution in [0.25, 0.3) is 5.69 Å². The SMILES string of the molecule is CCOc1cc([C@@H](C[N+](=O)[O-])Sc2nnc(C)n2-c2ccccc2)cc(Br)c1OCc1ccc(F)cc1. The molecule has 0 unspecified atom stereocenters. The summed E-state index contributed by atoms with van der Waals surface area (Å²) in [6.45, 7) is 3.92. The fraction of sp³-hybridized carbons (Fsp3) is 0.231. The summed E-state index contributed by atoms with van der Waals surface area (Å²) in [5, 5.41) is 20.1. The van der Waals surface area contributed by atoms with Crippen molar-refractivity contribution in [1.82, 2.24) is 14.8 Å². The van der Waals surface area contributed by atoms with Crippen LogP contribution in [0.3, 0.4) is 0 Å². The zero-order valence-electron chi connectivity index (χ0n) is 20.1. The summed E-state index contributed by atoms with van der Waals surface area (Å²) in [5.41, 5.74) is 2.33. The van der Waals surface area contributed by atoms with Crippen molar-refractivity contribution in [1.29, 1.82) is 0 Å². The largest absolute Gasteiger partial charge is 0.490 e. The van der Waals surface area contributed by atoms with Gasteiger partial charge in [0.25, 0.3) is 0 Å². The highest BCUT2D eigenvalue weighted by atomic mass is 79.9. The number of hydrogen-bond acceptors (Lipinski definition) is 7. The molecule has 0 spiro atoms. The molecule has 1 aromatic heterocycles. The van der Waals surface area contributed by atoms with Gasteiger partial charge in [0.15, 0.2) is 16.7 Å². The van der Waals surface area contributed by atoms with Crippen LogP contribution in [0, 0.1) is 22.9 Å². The number of aromatic nitrogens is 3. The predicted octanol–water partition coefficient (Wildman–Crippen LogP) is 6.57. The van der Waals surface area contributed by atoms with E-state index in [1.807, 2.05) is 48.7 Å². The van der Waals surface area contributed by atoms with Gasteiger partial charge in [0.1, 0.15) is 23.5 Å². The molecule has 0 fully saturated rings. The normalized spacial score (nSPS) is 11.8. The van der Waals surface area contributed by atoms with Crippen molar-refractivity contribution in [3.63, 3.8) is 0 Å². The van der Waals surface area contributed by atoms with E-state index in [0.29, 0.717) is 39.1 Å². The van der Waals surface area contributed by atoms with E-state index in [-0.39, 0.29) is 23.9 Å². The van der Waals surface area contributed by atoms with Crippen molar-refractivity contribution in [2.45, 2.75) is 30.9 Å². The van der Waals surface area contributed by atoms with Crippen LogP contribution in [0.1, 0.15) is 29.1 Å². The lowest BCUT2D eigenvalue weighted by Crippen LogP contribution is -2.12. The first-order valence-electron chi connectivity index (χ1n) is 11.4. The monoisotopic (exact) mass is 586 g/mol. The first-order valence-corrected chi connectivity index (χ1v) is 13.1. The molecule has 37 heavy (non-hydrogen) atoms. The predicted molar refractivity (Wildman–Crippen MR) is 143 cm³/mol. The lowest BCUT2D eigenvalue weighted by Gasteiger charge is -2.19. The van der Waals surface area contributed by atoms with E-state index >= 15 is 0 Å². The lowest BCUT2D eigenvalue weighted by atomic mass is 10.1. The van der Waals surface area contributed by atoms with Crippen molar-refractivity contribution >= 4 is 27.7 Å². The minimum absolute atomic E-state index is 0.199. The number of nitro groups is 1. The Labute approximate surface area is 226 Å². The van der Waals surface area contributed by atoms with Crippen LogP contribution in [0.4, 0.5) is 4.39 Å². The zero-order valence-corrected chi connectivity index (χ0v) is 22.5. The van der Waals surface area contributed by atoms with E-state index in [1.54, 1.807) is 24.3 Å². The van der Waals surface area contributed by atoms with Crippen molar-refractivity contribution in [2.24, 2.45) is 0 Å². The standard InChI is InChI=1S/C26H24BrFN4O4S/c1-3-35-23-14-19(13-22(27)25(23)36-16-18-9-11-20(28)12-10-18)24(15-31(33)34)37-26-30-29-17(2)32(26)21-7-5-4-6-8-21/h4-14,24H,3,15-16H2,1-2H3/t24-/m1/s1. The Balaban J connectivity index is 1.66. The summed E-state index contributed by atoms with van der Waals surface area (Å²) < 4.78 is 27.5. The zero-order chi connectivity index (χ0) is 26.4. The minimum Gasteiger partial charge on any atom is -0.490 e. The molecule has 0 aliphatic carbocycles. The van der Waals surface area contributed by atoms with Gasteiger partial charge in [-0.15, -0.1) is 10.2 Å². The van der Waals surface area contributed by atoms with Crippen molar-refractivity contribution < 1.29 is 18.8 Å². The van der Waals surface area contributed by atoms with Crippen molar-refractivity contribution in [3.05, 3.63) is 104 Å². The average Bonchev–Trinajstić information content (AvgIpc) is 3.24. The molecule has 1 atom stereocenters. The van der Waals surface area contributed by atoms with Gasteiger partial charge < -0.3 is 9.47 Å². The third-order valence-electron chi connectivity index (χ3n) is 5.37. The van der Waals surface area contributed by atoms with Gasteiger partial charge in [-0.3, -0.25) is 14.7 Å². The molecule has 0 aliphatic rings. The van der Waals surface area contributed by atoms with Gasteiger partial charge in [-0.05, 0) is 77.3 Å². The highest BCUT2D eigenvalue weighted by Crippen LogP contribution is 2.43. The first kappa shape index (κ1) is 26.6. The maximum Gasteiger partial charge on any atom is 0.220 e. The smallest absolute Gasteiger partial charge is 0.220 e. The molecule has 0 aliphatic heterocycles. The quantitative estimate of drug-likeness (QED) is 0.111. The number of nitrogens with zero attached hydrogens (tertiary/aromatic N) is 4. The van der Waals surface area contributed by atoms with Crippen LogP contribution >= 0.6 is 27.7 Å². The molecule has 3 aromatic carbocycles. The number of ether oxygens (including phenoxy) is 2. The van der Waals surface area contributed by atoms with Crippen LogP contribution in [0.2, 0.25) is 0 Å². The summed E-state index contributed by atoms with van der Waals surface area (Å²) in [6.07, 6.45) is 0. The Morgan fingerprint density at radius 2 is 1.84 bits per heavy atom. The van der Waals surface area contributed by atoms with Crippen LogP contribution in [0.5, 0.6) is 11.5 Å². The third-order valence-corrected chi connectivity index (χ3v) is 7.14. The Morgan fingerprint density at radius 1 is 1.11 bits per heavy atom. The molecule has 0 saturated carbocycles. The van der Waals surface area contributed by atoms with E-state index < -0.39 is 5.25 Å². The minimum atomic E-state index is -0.581. The fourth-order valence-electron chi connectivity index (χ4n) is 3.68. The molecule has 0 radical (unpaired) electrons. The van der Waals surface area contributed by atoms with Gasteiger partial charge in [-0.25, -0.2) is 4.39 Å². The Kier molecular flexibility index (Phi) is 8.78. The summed E-state index contributed by atoms with van der Waals surface area (Å²) in [6, 6.07) is 19.2. The molecule has 1 heterocycles. The number of para-hydroxylation sites is 1. The number of thioether (sulfide) groups is 1. The van der Waals surface area contributed by atoms with E-state index in [1.165, 1.54) is 23.9 Å². The summed E-state index contributed by atoms with van der Waals surface area (Å²) in [4.78, 5) is 11.3. The van der Waals surface area contributed by atoms with Crippen LogP contribution in [-0.2, 0) is 6.61 Å². The number of hydrogen-bond donors (Lipinski definition) is 0. The van der Waals surface area contributed by atoms with Crippen LogP contribution < -0.4 is 9.47 Å². The average molecular weight is 587 g/mol. The van der Waals surface area contributed by atoms with Gasteiger partial charge in [0.05, 0.1) is 11.1 Å². The molecule has 11 heteroatoms. The molecule has 0 bridgehead atoms. The summed E-state index contributed by atoms with van der Waals surface area (Å²) in [5.74, 6) is 1.26. The maximum absolute atomic E-state index is 13.2. The molecule has 4 aromatic rings. The molecular formula is C26H24BrFN4O4S. The first-order chi connectivity index (χ1) is 17.9. The van der Waals surface area contributed by atoms with Crippen molar-refractivity contribution in [2.75, 3.05) is 13.2 Å². The molecule has 0 saturated heterocycles. The number of rotatable bonds is 11. The van der Waals surface area contributed by atoms with Crippen LogP contribution in [-0.4, -0.2) is 32.8 Å². The summed E-state index contributed by atoms with van der Waals surface area (Å²) >= 11 is 4.81. The van der Waals surface area contributed by atoms with Gasteiger partial charge in [0.2, 0.25) is 6.54 Å². The van der Waals surface area contributed by atoms with E-state index in [9.17, 15) is 14.5 Å². The topological polar surface area (TPSA) is 92.3 Å². The van der Waals surface area contributed by atoms with E-state index in [0.717, 1.165) is 11.3 Å². The summed E-state index contributed by atoms with van der Waals surface area (Å²) in [7, 11) is 0. The molecule has 192 valence electrons. The highest BCUT2D eigenvalue weighted by molar-refractivity contribution is 9.10. The second-order valence-electron chi connectivity index (χ2n) is 8.00. The number of halogens is 2.